The molecule has 0 aliphatic heterocycles. The fraction of sp³-hybridized carbons (Fsp3) is 0.0588. The van der Waals surface area contributed by atoms with Crippen molar-refractivity contribution in [3.63, 3.8) is 0 Å². The zero-order valence-electron chi connectivity index (χ0n) is 13.1. The standard InChI is InChI=1S/C17H12ClN5O2/c1-10-2-3-11(16-20-9-25-22-16)6-13(10)21-17(24)14-8-19-15-7-12(18)4-5-23(14)15/h2-9H,1H3,(H,21,24). The summed E-state index contributed by atoms with van der Waals surface area (Å²) in [4.78, 5) is 20.9. The highest BCUT2D eigenvalue weighted by Crippen LogP contribution is 2.24. The zero-order chi connectivity index (χ0) is 17.4. The molecular formula is C17H12ClN5O2. The molecule has 3 heterocycles. The molecule has 0 saturated carbocycles. The first-order valence-corrected chi connectivity index (χ1v) is 7.81. The van der Waals surface area contributed by atoms with Crippen LogP contribution in [0.25, 0.3) is 17.0 Å². The molecule has 0 aliphatic rings. The Balaban J connectivity index is 1.67. The van der Waals surface area contributed by atoms with E-state index in [-0.39, 0.29) is 5.91 Å². The summed E-state index contributed by atoms with van der Waals surface area (Å²) >= 11 is 5.95. The van der Waals surface area contributed by atoms with Gasteiger partial charge < -0.3 is 9.84 Å². The molecule has 124 valence electrons. The Morgan fingerprint density at radius 3 is 2.92 bits per heavy atom. The Kier molecular flexibility index (Phi) is 3.70. The molecule has 1 amide bonds. The predicted octanol–water partition coefficient (Wildman–Crippen LogP) is 3.60. The first-order valence-electron chi connectivity index (χ1n) is 7.43. The van der Waals surface area contributed by atoms with Gasteiger partial charge in [0.2, 0.25) is 12.2 Å². The first-order chi connectivity index (χ1) is 12.1. The lowest BCUT2D eigenvalue weighted by Gasteiger charge is -2.09. The monoisotopic (exact) mass is 353 g/mol. The van der Waals surface area contributed by atoms with Crippen LogP contribution >= 0.6 is 11.6 Å². The number of nitrogens with zero attached hydrogens (tertiary/aromatic N) is 4. The SMILES string of the molecule is Cc1ccc(-c2ncon2)cc1NC(=O)c1cnc2cc(Cl)ccn12. The lowest BCUT2D eigenvalue weighted by Crippen LogP contribution is -2.15. The smallest absolute Gasteiger partial charge is 0.274 e. The second-order valence-corrected chi connectivity index (χ2v) is 5.89. The van der Waals surface area contributed by atoms with Crippen LogP contribution < -0.4 is 5.32 Å². The summed E-state index contributed by atoms with van der Waals surface area (Å²) in [6, 6.07) is 8.95. The summed E-state index contributed by atoms with van der Waals surface area (Å²) in [5.41, 5.74) is 3.35. The summed E-state index contributed by atoms with van der Waals surface area (Å²) < 4.78 is 6.45. The minimum atomic E-state index is -0.275. The molecule has 0 radical (unpaired) electrons. The van der Waals surface area contributed by atoms with E-state index in [4.69, 9.17) is 16.1 Å². The van der Waals surface area contributed by atoms with Crippen molar-refractivity contribution >= 4 is 28.8 Å². The number of aryl methyl sites for hydroxylation is 1. The molecule has 0 fully saturated rings. The summed E-state index contributed by atoms with van der Waals surface area (Å²) in [5.74, 6) is 0.183. The third kappa shape index (κ3) is 2.85. The van der Waals surface area contributed by atoms with Crippen LogP contribution in [0.4, 0.5) is 5.69 Å². The first kappa shape index (κ1) is 15.3. The zero-order valence-corrected chi connectivity index (χ0v) is 13.9. The molecule has 7 nitrogen and oxygen atoms in total. The highest BCUT2D eigenvalue weighted by Gasteiger charge is 2.14. The van der Waals surface area contributed by atoms with E-state index in [1.165, 1.54) is 12.6 Å². The van der Waals surface area contributed by atoms with Gasteiger partial charge in [0.05, 0.1) is 6.20 Å². The van der Waals surface area contributed by atoms with Crippen molar-refractivity contribution < 1.29 is 9.32 Å². The number of hydrogen-bond acceptors (Lipinski definition) is 5. The normalized spacial score (nSPS) is 11.0. The van der Waals surface area contributed by atoms with E-state index in [1.54, 1.807) is 28.8 Å². The second-order valence-electron chi connectivity index (χ2n) is 5.46. The number of rotatable bonds is 3. The molecule has 1 aromatic carbocycles. The Bertz CT molecular complexity index is 1070. The van der Waals surface area contributed by atoms with Crippen molar-refractivity contribution in [2.45, 2.75) is 6.92 Å². The molecule has 0 saturated heterocycles. The molecule has 3 aromatic heterocycles. The number of hydrogen-bond donors (Lipinski definition) is 1. The molecule has 1 N–H and O–H groups in total. The summed E-state index contributed by atoms with van der Waals surface area (Å²) in [6.45, 7) is 1.91. The maximum Gasteiger partial charge on any atom is 0.274 e. The largest absolute Gasteiger partial charge is 0.342 e. The van der Waals surface area contributed by atoms with E-state index in [1.807, 2.05) is 19.1 Å². The molecule has 8 heteroatoms. The average Bonchev–Trinajstić information content (AvgIpc) is 3.25. The highest BCUT2D eigenvalue weighted by atomic mass is 35.5. The number of carbonyl (C=O) groups is 1. The number of nitrogens with one attached hydrogen (secondary N) is 1. The lowest BCUT2D eigenvalue weighted by molar-refractivity contribution is 0.102. The topological polar surface area (TPSA) is 85.3 Å². The number of pyridine rings is 1. The van der Waals surface area contributed by atoms with E-state index < -0.39 is 0 Å². The van der Waals surface area contributed by atoms with Crippen LogP contribution in [0.3, 0.4) is 0 Å². The van der Waals surface area contributed by atoms with Crippen LogP contribution in [-0.4, -0.2) is 25.4 Å². The Hall–Kier alpha value is -3.19. The van der Waals surface area contributed by atoms with Crippen molar-refractivity contribution in [3.05, 3.63) is 65.4 Å². The molecule has 25 heavy (non-hydrogen) atoms. The minimum Gasteiger partial charge on any atom is -0.342 e. The van der Waals surface area contributed by atoms with Crippen molar-refractivity contribution in [2.75, 3.05) is 5.32 Å². The molecular weight excluding hydrogens is 342 g/mol. The number of carbonyl (C=O) groups excluding carboxylic acids is 1. The fourth-order valence-electron chi connectivity index (χ4n) is 2.50. The number of aromatic nitrogens is 4. The molecule has 4 rings (SSSR count). The molecule has 0 aliphatic carbocycles. The van der Waals surface area contributed by atoms with Gasteiger partial charge in [-0.25, -0.2) is 4.98 Å². The van der Waals surface area contributed by atoms with Gasteiger partial charge in [-0.2, -0.15) is 4.98 Å². The van der Waals surface area contributed by atoms with Gasteiger partial charge in [0.15, 0.2) is 0 Å². The minimum absolute atomic E-state index is 0.275. The number of imidazole rings is 1. The molecule has 0 unspecified atom stereocenters. The van der Waals surface area contributed by atoms with Crippen LogP contribution in [0, 0.1) is 6.92 Å². The van der Waals surface area contributed by atoms with Gasteiger partial charge in [-0.1, -0.05) is 28.9 Å². The number of benzene rings is 1. The Morgan fingerprint density at radius 2 is 2.12 bits per heavy atom. The van der Waals surface area contributed by atoms with Crippen molar-refractivity contribution in [1.82, 2.24) is 19.5 Å². The van der Waals surface area contributed by atoms with Crippen LogP contribution in [0.1, 0.15) is 16.1 Å². The van der Waals surface area contributed by atoms with Crippen LogP contribution in [-0.2, 0) is 0 Å². The van der Waals surface area contributed by atoms with E-state index in [0.29, 0.717) is 27.9 Å². The van der Waals surface area contributed by atoms with Gasteiger partial charge in [0.1, 0.15) is 11.3 Å². The Morgan fingerprint density at radius 1 is 1.24 bits per heavy atom. The molecule has 0 bridgehead atoms. The number of anilines is 1. The quantitative estimate of drug-likeness (QED) is 0.608. The second kappa shape index (κ2) is 6.03. The number of fused-ring (bicyclic) bond motifs is 1. The van der Waals surface area contributed by atoms with Crippen molar-refractivity contribution in [2.24, 2.45) is 0 Å². The van der Waals surface area contributed by atoms with Crippen molar-refractivity contribution in [1.29, 1.82) is 0 Å². The van der Waals surface area contributed by atoms with E-state index in [0.717, 1.165) is 11.1 Å². The van der Waals surface area contributed by atoms with Gasteiger partial charge in [-0.05, 0) is 24.6 Å². The third-order valence-corrected chi connectivity index (χ3v) is 4.05. The van der Waals surface area contributed by atoms with Gasteiger partial charge in [0.25, 0.3) is 5.91 Å². The van der Waals surface area contributed by atoms with Gasteiger partial charge in [0, 0.05) is 28.5 Å². The average molecular weight is 354 g/mol. The maximum atomic E-state index is 12.7. The van der Waals surface area contributed by atoms with Crippen LogP contribution in [0.5, 0.6) is 0 Å². The fourth-order valence-corrected chi connectivity index (χ4v) is 2.66. The van der Waals surface area contributed by atoms with E-state index in [9.17, 15) is 4.79 Å². The summed E-state index contributed by atoms with van der Waals surface area (Å²) in [6.07, 6.45) is 4.48. The van der Waals surface area contributed by atoms with Crippen LogP contribution in [0.2, 0.25) is 5.02 Å². The van der Waals surface area contributed by atoms with Crippen molar-refractivity contribution in [3.8, 4) is 11.4 Å². The molecule has 0 spiro atoms. The summed E-state index contributed by atoms with van der Waals surface area (Å²) in [5, 5.41) is 7.28. The van der Waals surface area contributed by atoms with E-state index in [2.05, 4.69) is 20.4 Å². The van der Waals surface area contributed by atoms with E-state index >= 15 is 0 Å². The molecule has 0 atom stereocenters. The lowest BCUT2D eigenvalue weighted by atomic mass is 10.1. The van der Waals surface area contributed by atoms with Crippen LogP contribution in [0.15, 0.2) is 53.6 Å². The summed E-state index contributed by atoms with van der Waals surface area (Å²) in [7, 11) is 0. The predicted molar refractivity (Wildman–Crippen MR) is 92.6 cm³/mol. The van der Waals surface area contributed by atoms with Gasteiger partial charge in [-0.3, -0.25) is 9.20 Å². The maximum absolute atomic E-state index is 12.7. The highest BCUT2D eigenvalue weighted by molar-refractivity contribution is 6.30. The third-order valence-electron chi connectivity index (χ3n) is 3.81. The number of amides is 1. The Labute approximate surface area is 147 Å². The molecule has 4 aromatic rings. The van der Waals surface area contributed by atoms with Gasteiger partial charge in [-0.15, -0.1) is 0 Å². The number of halogens is 1. The van der Waals surface area contributed by atoms with Gasteiger partial charge >= 0.3 is 0 Å².